The molecule has 1 aromatic carbocycles. The third-order valence-corrected chi connectivity index (χ3v) is 5.40. The van der Waals surface area contributed by atoms with Crippen molar-refractivity contribution in [3.8, 4) is 0 Å². The lowest BCUT2D eigenvalue weighted by atomic mass is 9.93. The van der Waals surface area contributed by atoms with E-state index >= 15 is 0 Å². The molecule has 1 fully saturated rings. The molecule has 1 aliphatic rings. The van der Waals surface area contributed by atoms with E-state index in [0.29, 0.717) is 23.3 Å². The molecular formula is C23H32N4O. The number of likely N-dealkylation sites (tertiary alicyclic amines) is 1. The summed E-state index contributed by atoms with van der Waals surface area (Å²) in [6.07, 6.45) is 7.87. The monoisotopic (exact) mass is 380 g/mol. The Morgan fingerprint density at radius 2 is 1.46 bits per heavy atom. The number of hydrogen-bond donors (Lipinski definition) is 1. The van der Waals surface area contributed by atoms with Crippen molar-refractivity contribution in [2.75, 3.05) is 18.4 Å². The Balaban J connectivity index is 1.80. The van der Waals surface area contributed by atoms with Crippen molar-refractivity contribution in [1.82, 2.24) is 14.9 Å². The molecule has 2 aromatic rings. The lowest BCUT2D eigenvalue weighted by Gasteiger charge is -2.21. The zero-order valence-corrected chi connectivity index (χ0v) is 17.5. The van der Waals surface area contributed by atoms with Crippen LogP contribution in [0, 0.1) is 0 Å². The first-order valence-corrected chi connectivity index (χ1v) is 10.5. The molecule has 1 amide bonds. The van der Waals surface area contributed by atoms with Crippen molar-refractivity contribution in [2.24, 2.45) is 0 Å². The standard InChI is InChI=1S/C23H32N4O/c1-16(2)19-10-9-11-20(17(3)4)21(19)26-23-24-14-18(15-25-23)22(28)27-12-7-5-6-8-13-27/h9-11,14-17H,5-8,12-13H2,1-4H3,(H,24,25,26). The van der Waals surface area contributed by atoms with Crippen molar-refractivity contribution < 1.29 is 4.79 Å². The van der Waals surface area contributed by atoms with Crippen molar-refractivity contribution in [3.63, 3.8) is 0 Å². The largest absolute Gasteiger partial charge is 0.339 e. The first kappa shape index (κ1) is 20.3. The van der Waals surface area contributed by atoms with Crippen LogP contribution in [-0.4, -0.2) is 33.9 Å². The Morgan fingerprint density at radius 1 is 0.929 bits per heavy atom. The zero-order valence-electron chi connectivity index (χ0n) is 17.5. The van der Waals surface area contributed by atoms with Gasteiger partial charge in [-0.1, -0.05) is 58.7 Å². The Labute approximate surface area is 168 Å². The predicted octanol–water partition coefficient (Wildman–Crippen LogP) is 5.48. The van der Waals surface area contributed by atoms with Crippen LogP contribution in [0.2, 0.25) is 0 Å². The summed E-state index contributed by atoms with van der Waals surface area (Å²) in [6, 6.07) is 6.41. The van der Waals surface area contributed by atoms with Gasteiger partial charge in [-0.15, -0.1) is 0 Å². The molecule has 5 heteroatoms. The molecule has 0 bridgehead atoms. The highest BCUT2D eigenvalue weighted by atomic mass is 16.2. The van der Waals surface area contributed by atoms with Gasteiger partial charge >= 0.3 is 0 Å². The van der Waals surface area contributed by atoms with Gasteiger partial charge in [0.1, 0.15) is 0 Å². The minimum absolute atomic E-state index is 0.0406. The molecule has 1 N–H and O–H groups in total. The van der Waals surface area contributed by atoms with E-state index in [1.54, 1.807) is 12.4 Å². The van der Waals surface area contributed by atoms with E-state index in [9.17, 15) is 4.79 Å². The van der Waals surface area contributed by atoms with Crippen molar-refractivity contribution in [1.29, 1.82) is 0 Å². The van der Waals surface area contributed by atoms with Crippen LogP contribution >= 0.6 is 0 Å². The SMILES string of the molecule is CC(C)c1cccc(C(C)C)c1Nc1ncc(C(=O)N2CCCCCC2)cn1. The smallest absolute Gasteiger partial charge is 0.256 e. The predicted molar refractivity (Wildman–Crippen MR) is 114 cm³/mol. The Morgan fingerprint density at radius 3 is 1.96 bits per heavy atom. The van der Waals surface area contributed by atoms with E-state index in [0.717, 1.165) is 31.6 Å². The molecule has 0 atom stereocenters. The second-order valence-electron chi connectivity index (χ2n) is 8.25. The minimum Gasteiger partial charge on any atom is -0.339 e. The Hall–Kier alpha value is -2.43. The summed E-state index contributed by atoms with van der Waals surface area (Å²) in [5, 5.41) is 3.41. The van der Waals surface area contributed by atoms with Crippen LogP contribution in [0.25, 0.3) is 0 Å². The highest BCUT2D eigenvalue weighted by Gasteiger charge is 2.19. The molecule has 5 nitrogen and oxygen atoms in total. The van der Waals surface area contributed by atoms with E-state index < -0.39 is 0 Å². The van der Waals surface area contributed by atoms with Gasteiger partial charge in [-0.2, -0.15) is 0 Å². The van der Waals surface area contributed by atoms with Crippen LogP contribution in [0.15, 0.2) is 30.6 Å². The number of amides is 1. The van der Waals surface area contributed by atoms with Crippen molar-refractivity contribution >= 4 is 17.5 Å². The number of benzene rings is 1. The number of carbonyl (C=O) groups excluding carboxylic acids is 1. The molecule has 1 saturated heterocycles. The second-order valence-corrected chi connectivity index (χ2v) is 8.25. The maximum atomic E-state index is 12.7. The molecule has 0 radical (unpaired) electrons. The minimum atomic E-state index is 0.0406. The van der Waals surface area contributed by atoms with Crippen LogP contribution in [0.3, 0.4) is 0 Å². The van der Waals surface area contributed by atoms with Gasteiger partial charge in [0.2, 0.25) is 5.95 Å². The van der Waals surface area contributed by atoms with Gasteiger partial charge in [0.15, 0.2) is 0 Å². The molecular weight excluding hydrogens is 348 g/mol. The Kier molecular flexibility index (Phi) is 6.65. The van der Waals surface area contributed by atoms with Gasteiger partial charge in [0.05, 0.1) is 5.56 Å². The number of carbonyl (C=O) groups is 1. The first-order chi connectivity index (χ1) is 13.5. The summed E-state index contributed by atoms with van der Waals surface area (Å²) in [6.45, 7) is 10.4. The van der Waals surface area contributed by atoms with Crippen molar-refractivity contribution in [2.45, 2.75) is 65.2 Å². The molecule has 2 heterocycles. The molecule has 0 saturated carbocycles. The average Bonchev–Trinajstić information content (AvgIpc) is 2.97. The molecule has 0 unspecified atom stereocenters. The van der Waals surface area contributed by atoms with Crippen LogP contribution in [0.5, 0.6) is 0 Å². The number of rotatable bonds is 5. The molecule has 1 aromatic heterocycles. The number of aromatic nitrogens is 2. The zero-order chi connectivity index (χ0) is 20.1. The summed E-state index contributed by atoms with van der Waals surface area (Å²) in [7, 11) is 0. The number of anilines is 2. The van der Waals surface area contributed by atoms with Crippen LogP contribution in [-0.2, 0) is 0 Å². The molecule has 3 rings (SSSR count). The van der Waals surface area contributed by atoms with Crippen LogP contribution in [0.4, 0.5) is 11.6 Å². The number of para-hydroxylation sites is 1. The lowest BCUT2D eigenvalue weighted by molar-refractivity contribution is 0.0761. The van der Waals surface area contributed by atoms with Gasteiger partial charge in [0.25, 0.3) is 5.91 Å². The summed E-state index contributed by atoms with van der Waals surface area (Å²) < 4.78 is 0. The van der Waals surface area contributed by atoms with E-state index in [1.165, 1.54) is 24.0 Å². The molecule has 0 spiro atoms. The maximum absolute atomic E-state index is 12.7. The van der Waals surface area contributed by atoms with E-state index in [2.05, 4.69) is 61.2 Å². The topological polar surface area (TPSA) is 58.1 Å². The number of nitrogens with one attached hydrogen (secondary N) is 1. The maximum Gasteiger partial charge on any atom is 0.256 e. The summed E-state index contributed by atoms with van der Waals surface area (Å²) >= 11 is 0. The number of nitrogens with zero attached hydrogens (tertiary/aromatic N) is 3. The van der Waals surface area contributed by atoms with Gasteiger partial charge < -0.3 is 10.2 Å². The first-order valence-electron chi connectivity index (χ1n) is 10.5. The van der Waals surface area contributed by atoms with Crippen LogP contribution in [0.1, 0.15) is 86.7 Å². The molecule has 28 heavy (non-hydrogen) atoms. The van der Waals surface area contributed by atoms with Gasteiger partial charge in [-0.25, -0.2) is 9.97 Å². The summed E-state index contributed by atoms with van der Waals surface area (Å²) in [4.78, 5) is 23.6. The fourth-order valence-corrected chi connectivity index (χ4v) is 3.77. The van der Waals surface area contributed by atoms with Crippen LogP contribution < -0.4 is 5.32 Å². The fourth-order valence-electron chi connectivity index (χ4n) is 3.77. The van der Waals surface area contributed by atoms with Gasteiger partial charge in [-0.3, -0.25) is 4.79 Å². The molecule has 1 aliphatic heterocycles. The highest BCUT2D eigenvalue weighted by Crippen LogP contribution is 2.33. The van der Waals surface area contributed by atoms with Crippen molar-refractivity contribution in [3.05, 3.63) is 47.3 Å². The molecule has 150 valence electrons. The third-order valence-electron chi connectivity index (χ3n) is 5.40. The summed E-state index contributed by atoms with van der Waals surface area (Å²) in [5.74, 6) is 1.36. The Bertz CT molecular complexity index is 764. The lowest BCUT2D eigenvalue weighted by Crippen LogP contribution is -2.32. The highest BCUT2D eigenvalue weighted by molar-refractivity contribution is 5.93. The average molecular weight is 381 g/mol. The third kappa shape index (κ3) is 4.70. The van der Waals surface area contributed by atoms with E-state index in [-0.39, 0.29) is 5.91 Å². The normalized spacial score (nSPS) is 15.0. The summed E-state index contributed by atoms with van der Waals surface area (Å²) in [5.41, 5.74) is 4.15. The van der Waals surface area contributed by atoms with Gasteiger partial charge in [0, 0.05) is 31.2 Å². The second kappa shape index (κ2) is 9.18. The van der Waals surface area contributed by atoms with E-state index in [1.807, 2.05) is 4.90 Å². The molecule has 0 aliphatic carbocycles. The quantitative estimate of drug-likeness (QED) is 0.746. The van der Waals surface area contributed by atoms with E-state index in [4.69, 9.17) is 0 Å². The fraction of sp³-hybridized carbons (Fsp3) is 0.522. The van der Waals surface area contributed by atoms with Gasteiger partial charge in [-0.05, 0) is 35.8 Å². The number of hydrogen-bond acceptors (Lipinski definition) is 4.